The third-order valence-electron chi connectivity index (χ3n) is 3.73. The highest BCUT2D eigenvalue weighted by Crippen LogP contribution is 2.27. The second kappa shape index (κ2) is 4.96. The first kappa shape index (κ1) is 12.1. The van der Waals surface area contributed by atoms with Crippen LogP contribution >= 0.6 is 0 Å². The van der Waals surface area contributed by atoms with Gasteiger partial charge in [0.05, 0.1) is 0 Å². The molecule has 2 N–H and O–H groups in total. The molecule has 0 unspecified atom stereocenters. The summed E-state index contributed by atoms with van der Waals surface area (Å²) in [5.41, 5.74) is 10.5. The van der Waals surface area contributed by atoms with Crippen LogP contribution in [0.4, 0.5) is 5.82 Å². The molecule has 0 aromatic carbocycles. The van der Waals surface area contributed by atoms with E-state index in [1.165, 1.54) is 19.3 Å². The van der Waals surface area contributed by atoms with Crippen molar-refractivity contribution in [2.75, 3.05) is 5.73 Å². The minimum absolute atomic E-state index is 0.651. The number of aromatic nitrogens is 3. The monoisotopic (exact) mass is 254 g/mol. The van der Waals surface area contributed by atoms with E-state index in [1.807, 2.05) is 19.2 Å². The van der Waals surface area contributed by atoms with Crippen molar-refractivity contribution in [3.8, 4) is 11.4 Å². The second-order valence-corrected chi connectivity index (χ2v) is 5.11. The summed E-state index contributed by atoms with van der Waals surface area (Å²) < 4.78 is 0. The van der Waals surface area contributed by atoms with Crippen molar-refractivity contribution >= 4 is 5.82 Å². The number of nitrogens with two attached hydrogens (primary N) is 1. The van der Waals surface area contributed by atoms with E-state index < -0.39 is 0 Å². The smallest absolute Gasteiger partial charge is 0.162 e. The number of rotatable bonds is 1. The fourth-order valence-electron chi connectivity index (χ4n) is 2.64. The van der Waals surface area contributed by atoms with E-state index in [-0.39, 0.29) is 0 Å². The number of fused-ring (bicyclic) bond motifs is 1. The zero-order valence-corrected chi connectivity index (χ0v) is 11.2. The summed E-state index contributed by atoms with van der Waals surface area (Å²) in [6, 6.07) is 1.95. The van der Waals surface area contributed by atoms with Gasteiger partial charge in [-0.1, -0.05) is 6.42 Å². The normalized spacial score (nSPS) is 14.8. The van der Waals surface area contributed by atoms with Gasteiger partial charge in [-0.3, -0.25) is 4.98 Å². The number of nitrogen functional groups attached to an aromatic ring is 1. The summed E-state index contributed by atoms with van der Waals surface area (Å²) in [6.07, 6.45) is 9.26. The Kier molecular flexibility index (Phi) is 3.15. The first-order chi connectivity index (χ1) is 9.25. The van der Waals surface area contributed by atoms with Crippen LogP contribution in [0.15, 0.2) is 18.5 Å². The molecule has 0 aliphatic heterocycles. The molecule has 4 nitrogen and oxygen atoms in total. The van der Waals surface area contributed by atoms with Gasteiger partial charge in [0.2, 0.25) is 0 Å². The fraction of sp³-hybridized carbons (Fsp3) is 0.400. The first-order valence-electron chi connectivity index (χ1n) is 6.82. The zero-order valence-electron chi connectivity index (χ0n) is 11.2. The van der Waals surface area contributed by atoms with Gasteiger partial charge in [-0.05, 0) is 44.2 Å². The summed E-state index contributed by atoms with van der Waals surface area (Å²) in [4.78, 5) is 13.4. The van der Waals surface area contributed by atoms with Gasteiger partial charge in [0, 0.05) is 29.2 Å². The minimum Gasteiger partial charge on any atom is -0.383 e. The maximum absolute atomic E-state index is 6.13. The Morgan fingerprint density at radius 3 is 2.79 bits per heavy atom. The van der Waals surface area contributed by atoms with Crippen molar-refractivity contribution in [3.63, 3.8) is 0 Å². The maximum Gasteiger partial charge on any atom is 0.162 e. The Morgan fingerprint density at radius 1 is 1.11 bits per heavy atom. The van der Waals surface area contributed by atoms with Crippen LogP contribution in [0, 0.1) is 6.92 Å². The van der Waals surface area contributed by atoms with Gasteiger partial charge < -0.3 is 5.73 Å². The van der Waals surface area contributed by atoms with Gasteiger partial charge in [-0.15, -0.1) is 0 Å². The Labute approximate surface area is 113 Å². The lowest BCUT2D eigenvalue weighted by molar-refractivity contribution is 0.709. The fourth-order valence-corrected chi connectivity index (χ4v) is 2.64. The van der Waals surface area contributed by atoms with Crippen LogP contribution in [-0.4, -0.2) is 15.0 Å². The van der Waals surface area contributed by atoms with E-state index in [4.69, 9.17) is 10.7 Å². The molecule has 0 saturated carbocycles. The van der Waals surface area contributed by atoms with E-state index in [1.54, 1.807) is 6.20 Å². The molecule has 2 heterocycles. The van der Waals surface area contributed by atoms with Gasteiger partial charge in [0.1, 0.15) is 5.82 Å². The Bertz CT molecular complexity index is 607. The lowest BCUT2D eigenvalue weighted by Crippen LogP contribution is -2.07. The van der Waals surface area contributed by atoms with Gasteiger partial charge in [0.15, 0.2) is 5.82 Å². The molecule has 4 heteroatoms. The average Bonchev–Trinajstić information content (AvgIpc) is 2.65. The minimum atomic E-state index is 0.651. The van der Waals surface area contributed by atoms with Gasteiger partial charge in [0.25, 0.3) is 0 Å². The zero-order chi connectivity index (χ0) is 13.2. The van der Waals surface area contributed by atoms with Crippen LogP contribution in [0.5, 0.6) is 0 Å². The topological polar surface area (TPSA) is 64.7 Å². The summed E-state index contributed by atoms with van der Waals surface area (Å²) >= 11 is 0. The molecular weight excluding hydrogens is 236 g/mol. The molecule has 1 aliphatic rings. The standard InChI is InChI=1S/C15H18N4/c1-10-9-17-8-7-11(10)15-18-13-6-4-2-3-5-12(13)14(16)19-15/h7-9H,2-6H2,1H3,(H2,16,18,19). The number of anilines is 1. The highest BCUT2D eigenvalue weighted by Gasteiger charge is 2.16. The molecular formula is C15H18N4. The molecule has 0 fully saturated rings. The van der Waals surface area contributed by atoms with Crippen LogP contribution in [-0.2, 0) is 12.8 Å². The van der Waals surface area contributed by atoms with Crippen molar-refractivity contribution in [1.29, 1.82) is 0 Å². The molecule has 0 saturated heterocycles. The van der Waals surface area contributed by atoms with Crippen molar-refractivity contribution in [2.45, 2.75) is 39.0 Å². The third-order valence-corrected chi connectivity index (χ3v) is 3.73. The molecule has 2 aromatic heterocycles. The lowest BCUT2D eigenvalue weighted by atomic mass is 10.1. The van der Waals surface area contributed by atoms with Crippen LogP contribution in [0.25, 0.3) is 11.4 Å². The first-order valence-corrected chi connectivity index (χ1v) is 6.82. The highest BCUT2D eigenvalue weighted by atomic mass is 15.0. The quantitative estimate of drug-likeness (QED) is 0.795. The van der Waals surface area contributed by atoms with Crippen LogP contribution < -0.4 is 5.73 Å². The van der Waals surface area contributed by atoms with Gasteiger partial charge in [-0.25, -0.2) is 9.97 Å². The molecule has 2 aromatic rings. The Morgan fingerprint density at radius 2 is 1.95 bits per heavy atom. The van der Waals surface area contributed by atoms with Crippen molar-refractivity contribution in [3.05, 3.63) is 35.3 Å². The van der Waals surface area contributed by atoms with Crippen molar-refractivity contribution in [1.82, 2.24) is 15.0 Å². The number of aryl methyl sites for hydroxylation is 2. The van der Waals surface area contributed by atoms with Gasteiger partial charge in [-0.2, -0.15) is 0 Å². The Balaban J connectivity index is 2.12. The van der Waals surface area contributed by atoms with Gasteiger partial charge >= 0.3 is 0 Å². The highest BCUT2D eigenvalue weighted by molar-refractivity contribution is 5.61. The van der Waals surface area contributed by atoms with E-state index >= 15 is 0 Å². The molecule has 1 aliphatic carbocycles. The third kappa shape index (κ3) is 2.30. The number of hydrogen-bond donors (Lipinski definition) is 1. The molecule has 0 atom stereocenters. The van der Waals surface area contributed by atoms with Crippen LogP contribution in [0.3, 0.4) is 0 Å². The van der Waals surface area contributed by atoms with E-state index in [9.17, 15) is 0 Å². The number of pyridine rings is 1. The second-order valence-electron chi connectivity index (χ2n) is 5.11. The average molecular weight is 254 g/mol. The van der Waals surface area contributed by atoms with E-state index in [0.29, 0.717) is 5.82 Å². The van der Waals surface area contributed by atoms with E-state index in [0.717, 1.165) is 41.1 Å². The van der Waals surface area contributed by atoms with E-state index in [2.05, 4.69) is 9.97 Å². The van der Waals surface area contributed by atoms with Crippen LogP contribution in [0.1, 0.15) is 36.1 Å². The van der Waals surface area contributed by atoms with Crippen molar-refractivity contribution < 1.29 is 0 Å². The maximum atomic E-state index is 6.13. The molecule has 3 rings (SSSR count). The predicted octanol–water partition coefficient (Wildman–Crippen LogP) is 2.70. The molecule has 19 heavy (non-hydrogen) atoms. The molecule has 0 radical (unpaired) electrons. The summed E-state index contributed by atoms with van der Waals surface area (Å²) in [7, 11) is 0. The lowest BCUT2D eigenvalue weighted by Gasteiger charge is -2.11. The molecule has 98 valence electrons. The molecule has 0 bridgehead atoms. The van der Waals surface area contributed by atoms with Crippen LogP contribution in [0.2, 0.25) is 0 Å². The summed E-state index contributed by atoms with van der Waals surface area (Å²) in [6.45, 7) is 2.02. The largest absolute Gasteiger partial charge is 0.383 e. The molecule has 0 spiro atoms. The Hall–Kier alpha value is -1.97. The predicted molar refractivity (Wildman–Crippen MR) is 75.7 cm³/mol. The molecule has 0 amide bonds. The summed E-state index contributed by atoms with van der Waals surface area (Å²) in [5, 5.41) is 0. The number of hydrogen-bond acceptors (Lipinski definition) is 4. The van der Waals surface area contributed by atoms with Crippen molar-refractivity contribution in [2.24, 2.45) is 0 Å². The SMILES string of the molecule is Cc1cnccc1-c1nc(N)c2c(n1)CCCCC2. The number of nitrogens with zero attached hydrogens (tertiary/aromatic N) is 3. The summed E-state index contributed by atoms with van der Waals surface area (Å²) in [5.74, 6) is 1.39.